The van der Waals surface area contributed by atoms with Crippen LogP contribution in [0.25, 0.3) is 10.9 Å². The Morgan fingerprint density at radius 2 is 2.27 bits per heavy atom. The number of benzene rings is 1. The van der Waals surface area contributed by atoms with Gasteiger partial charge >= 0.3 is 0 Å². The molecule has 0 spiro atoms. The van der Waals surface area contributed by atoms with E-state index in [2.05, 4.69) is 9.71 Å². The normalized spacial score (nSPS) is 12.9. The fraction of sp³-hybridized carbons (Fsp3) is 0.100. The Labute approximate surface area is 89.8 Å². The lowest BCUT2D eigenvalue weighted by Crippen LogP contribution is -2.15. The van der Waals surface area contributed by atoms with E-state index in [0.717, 1.165) is 16.5 Å². The SMILES string of the molecule is O=S(O)NCc1ccc2ncccc2c1. The van der Waals surface area contributed by atoms with Crippen molar-refractivity contribution < 1.29 is 8.76 Å². The highest BCUT2D eigenvalue weighted by Crippen LogP contribution is 2.12. The molecule has 2 N–H and O–H groups in total. The average molecular weight is 222 g/mol. The van der Waals surface area contributed by atoms with Crippen molar-refractivity contribution in [1.29, 1.82) is 0 Å². The van der Waals surface area contributed by atoms with Gasteiger partial charge < -0.3 is 0 Å². The number of pyridine rings is 1. The highest BCUT2D eigenvalue weighted by Gasteiger charge is 1.98. The van der Waals surface area contributed by atoms with E-state index in [1.54, 1.807) is 6.20 Å². The zero-order valence-electron chi connectivity index (χ0n) is 7.88. The molecule has 78 valence electrons. The monoisotopic (exact) mass is 222 g/mol. The molecule has 15 heavy (non-hydrogen) atoms. The van der Waals surface area contributed by atoms with Gasteiger partial charge in [0.15, 0.2) is 0 Å². The minimum absolute atomic E-state index is 0.369. The molecule has 0 bridgehead atoms. The van der Waals surface area contributed by atoms with Crippen LogP contribution in [-0.4, -0.2) is 13.7 Å². The topological polar surface area (TPSA) is 62.2 Å². The van der Waals surface area contributed by atoms with Gasteiger partial charge in [0.1, 0.15) is 0 Å². The Morgan fingerprint density at radius 3 is 3.07 bits per heavy atom. The van der Waals surface area contributed by atoms with Crippen molar-refractivity contribution in [2.24, 2.45) is 0 Å². The molecule has 1 atom stereocenters. The number of rotatable bonds is 3. The van der Waals surface area contributed by atoms with Crippen LogP contribution in [0.15, 0.2) is 36.5 Å². The molecule has 1 unspecified atom stereocenters. The Balaban J connectivity index is 2.26. The Morgan fingerprint density at radius 1 is 1.40 bits per heavy atom. The predicted molar refractivity (Wildman–Crippen MR) is 59.4 cm³/mol. The summed E-state index contributed by atoms with van der Waals surface area (Å²) < 4.78 is 21.4. The molecule has 4 nitrogen and oxygen atoms in total. The van der Waals surface area contributed by atoms with Gasteiger partial charge in [-0.25, -0.2) is 8.93 Å². The van der Waals surface area contributed by atoms with Crippen LogP contribution in [-0.2, 0) is 17.8 Å². The zero-order valence-corrected chi connectivity index (χ0v) is 8.70. The number of nitrogens with one attached hydrogen (secondary N) is 1. The number of hydrogen-bond acceptors (Lipinski definition) is 2. The van der Waals surface area contributed by atoms with Crippen LogP contribution in [0.1, 0.15) is 5.56 Å². The summed E-state index contributed by atoms with van der Waals surface area (Å²) in [4.78, 5) is 4.19. The van der Waals surface area contributed by atoms with Crippen molar-refractivity contribution in [1.82, 2.24) is 9.71 Å². The summed E-state index contributed by atoms with van der Waals surface area (Å²) in [5.41, 5.74) is 1.88. The smallest absolute Gasteiger partial charge is 0.232 e. The van der Waals surface area contributed by atoms with E-state index in [1.165, 1.54) is 0 Å². The second-order valence-electron chi connectivity index (χ2n) is 3.10. The summed E-state index contributed by atoms with van der Waals surface area (Å²) >= 11 is -1.97. The second-order valence-corrected chi connectivity index (χ2v) is 3.89. The van der Waals surface area contributed by atoms with Crippen molar-refractivity contribution in [2.75, 3.05) is 0 Å². The van der Waals surface area contributed by atoms with Crippen LogP contribution in [0.5, 0.6) is 0 Å². The second kappa shape index (κ2) is 4.48. The first-order chi connectivity index (χ1) is 7.25. The summed E-state index contributed by atoms with van der Waals surface area (Å²) in [6.07, 6.45) is 1.74. The molecule has 0 aliphatic carbocycles. The molecular formula is C10H10N2O2S. The lowest BCUT2D eigenvalue weighted by Gasteiger charge is -2.02. The molecule has 2 rings (SSSR count). The van der Waals surface area contributed by atoms with Crippen molar-refractivity contribution in [3.05, 3.63) is 42.1 Å². The van der Waals surface area contributed by atoms with Crippen molar-refractivity contribution >= 4 is 22.2 Å². The molecule has 0 aliphatic heterocycles. The summed E-state index contributed by atoms with van der Waals surface area (Å²) in [5, 5.41) is 1.03. The zero-order chi connectivity index (χ0) is 10.7. The first-order valence-electron chi connectivity index (χ1n) is 4.44. The lowest BCUT2D eigenvalue weighted by atomic mass is 10.1. The molecule has 1 aromatic carbocycles. The molecule has 0 aliphatic rings. The molecule has 0 fully saturated rings. The highest BCUT2D eigenvalue weighted by molar-refractivity contribution is 7.77. The number of nitrogens with zero attached hydrogens (tertiary/aromatic N) is 1. The third kappa shape index (κ3) is 2.59. The number of aromatic nitrogens is 1. The van der Waals surface area contributed by atoms with Crippen molar-refractivity contribution in [3.63, 3.8) is 0 Å². The van der Waals surface area contributed by atoms with Gasteiger partial charge in [0.2, 0.25) is 11.3 Å². The van der Waals surface area contributed by atoms with E-state index in [0.29, 0.717) is 6.54 Å². The molecule has 2 aromatic rings. The molecule has 0 radical (unpaired) electrons. The maximum absolute atomic E-state index is 10.4. The van der Waals surface area contributed by atoms with E-state index in [-0.39, 0.29) is 0 Å². The van der Waals surface area contributed by atoms with Crippen LogP contribution in [0.4, 0.5) is 0 Å². The van der Waals surface area contributed by atoms with E-state index in [9.17, 15) is 4.21 Å². The Bertz CT molecular complexity index is 502. The first kappa shape index (κ1) is 10.2. The fourth-order valence-corrected chi connectivity index (χ4v) is 1.67. The van der Waals surface area contributed by atoms with Crippen LogP contribution < -0.4 is 4.72 Å². The van der Waals surface area contributed by atoms with E-state index >= 15 is 0 Å². The van der Waals surface area contributed by atoms with Gasteiger partial charge in [-0.15, -0.1) is 0 Å². The van der Waals surface area contributed by atoms with Crippen molar-refractivity contribution in [3.8, 4) is 0 Å². The Kier molecular flexibility index (Phi) is 3.05. The molecule has 0 saturated carbocycles. The number of fused-ring (bicyclic) bond motifs is 1. The third-order valence-corrected chi connectivity index (χ3v) is 2.46. The lowest BCUT2D eigenvalue weighted by molar-refractivity contribution is 0.548. The van der Waals surface area contributed by atoms with Gasteiger partial charge in [0.25, 0.3) is 0 Å². The molecule has 0 amide bonds. The number of hydrogen-bond donors (Lipinski definition) is 2. The fourth-order valence-electron chi connectivity index (χ4n) is 1.38. The first-order valence-corrected chi connectivity index (χ1v) is 5.54. The molecule has 1 aromatic heterocycles. The molecule has 1 heterocycles. The standard InChI is InChI=1S/C10H10N2O2S/c13-15(14)12-7-8-3-4-10-9(6-8)2-1-5-11-10/h1-6,12H,7H2,(H,13,14). The van der Waals surface area contributed by atoms with E-state index in [1.807, 2.05) is 30.3 Å². The van der Waals surface area contributed by atoms with Gasteiger partial charge in [-0.05, 0) is 23.8 Å². The minimum atomic E-state index is -1.97. The van der Waals surface area contributed by atoms with Crippen LogP contribution in [0, 0.1) is 0 Å². The highest BCUT2D eigenvalue weighted by atomic mass is 32.2. The van der Waals surface area contributed by atoms with Gasteiger partial charge in [-0.2, -0.15) is 0 Å². The van der Waals surface area contributed by atoms with Crippen LogP contribution >= 0.6 is 0 Å². The predicted octanol–water partition coefficient (Wildman–Crippen LogP) is 1.46. The maximum atomic E-state index is 10.4. The average Bonchev–Trinajstić information content (AvgIpc) is 2.26. The Hall–Kier alpha value is -1.30. The van der Waals surface area contributed by atoms with Crippen LogP contribution in [0.2, 0.25) is 0 Å². The minimum Gasteiger partial charge on any atom is -0.294 e. The van der Waals surface area contributed by atoms with E-state index < -0.39 is 11.3 Å². The largest absolute Gasteiger partial charge is 0.294 e. The quantitative estimate of drug-likeness (QED) is 0.773. The molecular weight excluding hydrogens is 212 g/mol. The van der Waals surface area contributed by atoms with Gasteiger partial charge in [-0.3, -0.25) is 9.54 Å². The van der Waals surface area contributed by atoms with Crippen LogP contribution in [0.3, 0.4) is 0 Å². The van der Waals surface area contributed by atoms with Gasteiger partial charge in [0.05, 0.1) is 5.52 Å². The van der Waals surface area contributed by atoms with E-state index in [4.69, 9.17) is 4.55 Å². The third-order valence-electron chi connectivity index (χ3n) is 2.07. The molecule has 0 saturated heterocycles. The summed E-state index contributed by atoms with van der Waals surface area (Å²) in [6, 6.07) is 9.55. The molecule has 5 heteroatoms. The van der Waals surface area contributed by atoms with Gasteiger partial charge in [0, 0.05) is 18.1 Å². The maximum Gasteiger partial charge on any atom is 0.232 e. The van der Waals surface area contributed by atoms with Gasteiger partial charge in [-0.1, -0.05) is 12.1 Å². The summed E-state index contributed by atoms with van der Waals surface area (Å²) in [5.74, 6) is 0. The van der Waals surface area contributed by atoms with Crippen molar-refractivity contribution in [2.45, 2.75) is 6.54 Å². The summed E-state index contributed by atoms with van der Waals surface area (Å²) in [6.45, 7) is 0.369. The summed E-state index contributed by atoms with van der Waals surface area (Å²) in [7, 11) is 0.